The van der Waals surface area contributed by atoms with E-state index in [0.717, 1.165) is 25.7 Å². The Kier molecular flexibility index (Phi) is 6.05. The van der Waals surface area contributed by atoms with Crippen LogP contribution in [-0.2, 0) is 18.9 Å². The van der Waals surface area contributed by atoms with Crippen molar-refractivity contribution in [2.24, 2.45) is 11.8 Å². The summed E-state index contributed by atoms with van der Waals surface area (Å²) in [6, 6.07) is 2.35. The molecule has 108 valence electrons. The Morgan fingerprint density at radius 1 is 1.11 bits per heavy atom. The van der Waals surface area contributed by atoms with Crippen LogP contribution in [0.1, 0.15) is 25.7 Å². The molecule has 0 unspecified atom stereocenters. The number of hydrogen-bond acceptors (Lipinski definition) is 5. The summed E-state index contributed by atoms with van der Waals surface area (Å²) < 4.78 is 22.0. The fourth-order valence-corrected chi connectivity index (χ4v) is 2.69. The van der Waals surface area contributed by atoms with Gasteiger partial charge in [-0.25, -0.2) is 0 Å². The summed E-state index contributed by atoms with van der Waals surface area (Å²) in [4.78, 5) is 0. The van der Waals surface area contributed by atoms with Crippen molar-refractivity contribution in [2.75, 3.05) is 33.5 Å². The predicted molar refractivity (Wildman–Crippen MR) is 68.4 cm³/mol. The molecular formula is C14H23NO4. The first kappa shape index (κ1) is 14.7. The van der Waals surface area contributed by atoms with Gasteiger partial charge in [-0.2, -0.15) is 5.26 Å². The van der Waals surface area contributed by atoms with Crippen LogP contribution in [0.5, 0.6) is 0 Å². The maximum absolute atomic E-state index is 8.89. The Morgan fingerprint density at radius 2 is 1.79 bits per heavy atom. The van der Waals surface area contributed by atoms with Crippen molar-refractivity contribution in [2.45, 2.75) is 38.1 Å². The van der Waals surface area contributed by atoms with Crippen LogP contribution in [0.4, 0.5) is 0 Å². The molecule has 2 rings (SSSR count). The van der Waals surface area contributed by atoms with E-state index in [-0.39, 0.29) is 18.3 Å². The topological polar surface area (TPSA) is 60.7 Å². The summed E-state index contributed by atoms with van der Waals surface area (Å²) in [5.74, 6) is 0.662. The van der Waals surface area contributed by atoms with Crippen LogP contribution in [0.2, 0.25) is 0 Å². The van der Waals surface area contributed by atoms with Crippen LogP contribution < -0.4 is 0 Å². The number of nitrogens with zero attached hydrogens (tertiary/aromatic N) is 1. The third-order valence-electron chi connectivity index (χ3n) is 3.87. The highest BCUT2D eigenvalue weighted by atomic mass is 16.7. The number of rotatable bonds is 5. The fraction of sp³-hybridized carbons (Fsp3) is 0.929. The Morgan fingerprint density at radius 3 is 2.37 bits per heavy atom. The largest absolute Gasteiger partial charge is 0.382 e. The molecule has 1 heterocycles. The van der Waals surface area contributed by atoms with E-state index in [1.54, 1.807) is 7.11 Å². The molecule has 0 radical (unpaired) electrons. The molecule has 0 amide bonds. The molecule has 2 fully saturated rings. The van der Waals surface area contributed by atoms with Gasteiger partial charge >= 0.3 is 0 Å². The second-order valence-electron chi connectivity index (χ2n) is 5.26. The molecule has 19 heavy (non-hydrogen) atoms. The van der Waals surface area contributed by atoms with Gasteiger partial charge in [0.05, 0.1) is 32.5 Å². The molecule has 1 saturated carbocycles. The van der Waals surface area contributed by atoms with Crippen molar-refractivity contribution in [3.05, 3.63) is 0 Å². The van der Waals surface area contributed by atoms with Crippen molar-refractivity contribution >= 4 is 0 Å². The smallest absolute Gasteiger partial charge is 0.160 e. The zero-order valence-electron chi connectivity index (χ0n) is 11.5. The Bertz CT molecular complexity index is 288. The Labute approximate surface area is 114 Å². The van der Waals surface area contributed by atoms with Crippen molar-refractivity contribution in [3.63, 3.8) is 0 Å². The third kappa shape index (κ3) is 4.43. The van der Waals surface area contributed by atoms with E-state index in [9.17, 15) is 0 Å². The summed E-state index contributed by atoms with van der Waals surface area (Å²) in [6.45, 7) is 2.35. The molecule has 0 bridgehead atoms. The third-order valence-corrected chi connectivity index (χ3v) is 3.87. The fourth-order valence-electron chi connectivity index (χ4n) is 2.69. The molecule has 0 aromatic rings. The van der Waals surface area contributed by atoms with E-state index in [0.29, 0.717) is 32.3 Å². The van der Waals surface area contributed by atoms with Crippen molar-refractivity contribution < 1.29 is 18.9 Å². The summed E-state index contributed by atoms with van der Waals surface area (Å²) in [7, 11) is 1.66. The quantitative estimate of drug-likeness (QED) is 0.711. The molecule has 2 aliphatic rings. The van der Waals surface area contributed by atoms with Gasteiger partial charge in [-0.3, -0.25) is 0 Å². The van der Waals surface area contributed by atoms with Gasteiger partial charge in [0.25, 0.3) is 0 Å². The molecule has 0 atom stereocenters. The van der Waals surface area contributed by atoms with Crippen molar-refractivity contribution in [3.8, 4) is 6.07 Å². The van der Waals surface area contributed by atoms with Crippen LogP contribution in [-0.4, -0.2) is 45.9 Å². The number of ether oxygens (including phenoxy) is 4. The maximum Gasteiger partial charge on any atom is 0.160 e. The molecule has 5 nitrogen and oxygen atoms in total. The van der Waals surface area contributed by atoms with E-state index < -0.39 is 0 Å². The van der Waals surface area contributed by atoms with Gasteiger partial charge in [0, 0.05) is 18.9 Å². The zero-order chi connectivity index (χ0) is 13.5. The van der Waals surface area contributed by atoms with Crippen LogP contribution in [0, 0.1) is 23.2 Å². The standard InChI is InChI=1S/C14H23NO4/c1-16-6-7-17-13-9-18-14(19-10-13)12-4-2-11(8-15)3-5-12/h11-14H,2-7,9-10H2,1H3/t11?,12?,13-,14-. The molecule has 0 aromatic carbocycles. The van der Waals surface area contributed by atoms with E-state index in [4.69, 9.17) is 24.2 Å². The van der Waals surface area contributed by atoms with Crippen LogP contribution in [0.25, 0.3) is 0 Å². The molecule has 1 aliphatic carbocycles. The second-order valence-corrected chi connectivity index (χ2v) is 5.26. The molecule has 0 aromatic heterocycles. The monoisotopic (exact) mass is 269 g/mol. The first-order chi connectivity index (χ1) is 9.33. The van der Waals surface area contributed by atoms with Gasteiger partial charge in [0.15, 0.2) is 6.29 Å². The number of hydrogen-bond donors (Lipinski definition) is 0. The highest BCUT2D eigenvalue weighted by Gasteiger charge is 2.32. The average molecular weight is 269 g/mol. The lowest BCUT2D eigenvalue weighted by molar-refractivity contribution is -0.250. The lowest BCUT2D eigenvalue weighted by Gasteiger charge is -2.36. The van der Waals surface area contributed by atoms with Gasteiger partial charge in [-0.1, -0.05) is 0 Å². The highest BCUT2D eigenvalue weighted by Crippen LogP contribution is 2.33. The molecule has 1 aliphatic heterocycles. The van der Waals surface area contributed by atoms with Gasteiger partial charge in [-0.05, 0) is 25.7 Å². The predicted octanol–water partition coefficient (Wildman–Crippen LogP) is 1.72. The van der Waals surface area contributed by atoms with Gasteiger partial charge in [0.1, 0.15) is 6.10 Å². The SMILES string of the molecule is COCCO[C@H]1CO[C@H](C2CCC(C#N)CC2)OC1. The summed E-state index contributed by atoms with van der Waals surface area (Å²) in [5.41, 5.74) is 0. The van der Waals surface area contributed by atoms with Crippen LogP contribution >= 0.6 is 0 Å². The number of nitriles is 1. The normalized spacial score (nSPS) is 35.8. The minimum absolute atomic E-state index is 0.0156. The molecule has 0 N–H and O–H groups in total. The zero-order valence-corrected chi connectivity index (χ0v) is 11.5. The van der Waals surface area contributed by atoms with E-state index in [1.165, 1.54) is 0 Å². The first-order valence-electron chi connectivity index (χ1n) is 7.07. The van der Waals surface area contributed by atoms with Gasteiger partial charge < -0.3 is 18.9 Å². The van der Waals surface area contributed by atoms with E-state index in [1.807, 2.05) is 0 Å². The first-order valence-corrected chi connectivity index (χ1v) is 7.07. The molecule has 5 heteroatoms. The molecule has 1 saturated heterocycles. The minimum atomic E-state index is -0.109. The highest BCUT2D eigenvalue weighted by molar-refractivity contribution is 4.88. The van der Waals surface area contributed by atoms with E-state index >= 15 is 0 Å². The lowest BCUT2D eigenvalue weighted by atomic mass is 9.82. The lowest BCUT2D eigenvalue weighted by Crippen LogP contribution is -2.42. The summed E-state index contributed by atoms with van der Waals surface area (Å²) in [6.07, 6.45) is 3.90. The van der Waals surface area contributed by atoms with Gasteiger partial charge in [0.2, 0.25) is 0 Å². The Balaban J connectivity index is 1.65. The summed E-state index contributed by atoms with van der Waals surface area (Å²) in [5, 5.41) is 8.89. The summed E-state index contributed by atoms with van der Waals surface area (Å²) >= 11 is 0. The number of methoxy groups -OCH3 is 1. The second kappa shape index (κ2) is 7.81. The molecular weight excluding hydrogens is 246 g/mol. The maximum atomic E-state index is 8.89. The van der Waals surface area contributed by atoms with E-state index in [2.05, 4.69) is 6.07 Å². The Hall–Kier alpha value is -0.670. The molecule has 0 spiro atoms. The van der Waals surface area contributed by atoms with Crippen molar-refractivity contribution in [1.82, 2.24) is 0 Å². The average Bonchev–Trinajstić information content (AvgIpc) is 2.48. The minimum Gasteiger partial charge on any atom is -0.382 e. The van der Waals surface area contributed by atoms with Crippen LogP contribution in [0.15, 0.2) is 0 Å². The van der Waals surface area contributed by atoms with Gasteiger partial charge in [-0.15, -0.1) is 0 Å². The van der Waals surface area contributed by atoms with Crippen LogP contribution in [0.3, 0.4) is 0 Å². The van der Waals surface area contributed by atoms with Crippen molar-refractivity contribution in [1.29, 1.82) is 5.26 Å².